The molecule has 168 valence electrons. The Labute approximate surface area is 193 Å². The van der Waals surface area contributed by atoms with Gasteiger partial charge in [0.25, 0.3) is 10.0 Å². The molecule has 0 saturated heterocycles. The molecule has 0 fully saturated rings. The minimum Gasteiger partial charge on any atom is -0.340 e. The van der Waals surface area contributed by atoms with Crippen LogP contribution in [0.5, 0.6) is 0 Å². The topological polar surface area (TPSA) is 109 Å². The van der Waals surface area contributed by atoms with Crippen molar-refractivity contribution in [3.63, 3.8) is 0 Å². The first-order valence-corrected chi connectivity index (χ1v) is 11.8. The Bertz CT molecular complexity index is 1390. The Balaban J connectivity index is 1.47. The maximum atomic E-state index is 12.6. The molecule has 9 heteroatoms. The molecule has 2 heterocycles. The van der Waals surface area contributed by atoms with E-state index in [-0.39, 0.29) is 4.90 Å². The molecular weight excluding hydrogens is 436 g/mol. The normalized spacial score (nSPS) is 11.1. The van der Waals surface area contributed by atoms with E-state index in [1.807, 2.05) is 39.0 Å². The zero-order chi connectivity index (χ0) is 23.4. The average molecular weight is 461 g/mol. The van der Waals surface area contributed by atoms with E-state index in [0.29, 0.717) is 29.0 Å². The maximum absolute atomic E-state index is 12.6. The van der Waals surface area contributed by atoms with E-state index in [9.17, 15) is 8.42 Å². The van der Waals surface area contributed by atoms with E-state index in [1.54, 1.807) is 54.7 Å². The Morgan fingerprint density at radius 1 is 0.697 bits per heavy atom. The molecule has 0 aliphatic carbocycles. The van der Waals surface area contributed by atoms with Crippen LogP contribution >= 0.6 is 0 Å². The smallest absolute Gasteiger partial charge is 0.261 e. The summed E-state index contributed by atoms with van der Waals surface area (Å²) in [6.45, 7) is 5.66. The van der Waals surface area contributed by atoms with Gasteiger partial charge in [-0.25, -0.2) is 23.4 Å². The molecule has 8 nitrogen and oxygen atoms in total. The molecule has 0 aliphatic rings. The summed E-state index contributed by atoms with van der Waals surface area (Å²) in [7, 11) is -3.66. The predicted octanol–water partition coefficient (Wildman–Crippen LogP) is 5.08. The fourth-order valence-corrected chi connectivity index (χ4v) is 4.36. The van der Waals surface area contributed by atoms with Gasteiger partial charge in [0.15, 0.2) is 0 Å². The molecule has 0 radical (unpaired) electrons. The third kappa shape index (κ3) is 5.83. The van der Waals surface area contributed by atoms with Crippen LogP contribution in [-0.2, 0) is 10.0 Å². The maximum Gasteiger partial charge on any atom is 0.261 e. The van der Waals surface area contributed by atoms with E-state index in [0.717, 1.165) is 16.8 Å². The number of aryl methyl sites for hydroxylation is 3. The molecule has 4 aromatic rings. The lowest BCUT2D eigenvalue weighted by Gasteiger charge is -2.12. The largest absolute Gasteiger partial charge is 0.340 e. The minimum absolute atomic E-state index is 0.226. The van der Waals surface area contributed by atoms with Crippen LogP contribution in [0.2, 0.25) is 0 Å². The number of sulfonamides is 1. The Hall–Kier alpha value is -3.98. The van der Waals surface area contributed by atoms with Crippen molar-refractivity contribution in [2.24, 2.45) is 0 Å². The highest BCUT2D eigenvalue weighted by Crippen LogP contribution is 2.23. The lowest BCUT2D eigenvalue weighted by molar-refractivity contribution is 0.601. The van der Waals surface area contributed by atoms with Crippen LogP contribution in [0.1, 0.15) is 17.0 Å². The van der Waals surface area contributed by atoms with Crippen molar-refractivity contribution in [1.82, 2.24) is 15.0 Å². The highest BCUT2D eigenvalue weighted by Gasteiger charge is 2.14. The standard InChI is InChI=1S/C24H24N6O2S/c1-16-5-4-6-21(13-16)33(31,32)30-20-9-7-19(8-10-20)28-23-15-24(27-18(3)26-23)29-22-14-17(2)11-12-25-22/h4-15,30H,1-3H3,(H2,25,26,27,28,29). The number of pyridine rings is 1. The first-order chi connectivity index (χ1) is 15.8. The van der Waals surface area contributed by atoms with E-state index in [2.05, 4.69) is 30.3 Å². The third-order valence-electron chi connectivity index (χ3n) is 4.72. The number of hydrogen-bond acceptors (Lipinski definition) is 7. The summed E-state index contributed by atoms with van der Waals surface area (Å²) in [6, 6.07) is 19.4. The van der Waals surface area contributed by atoms with Gasteiger partial charge >= 0.3 is 0 Å². The number of anilines is 5. The lowest BCUT2D eigenvalue weighted by atomic mass is 10.2. The van der Waals surface area contributed by atoms with Crippen LogP contribution in [0.4, 0.5) is 28.8 Å². The second-order valence-electron chi connectivity index (χ2n) is 7.65. The monoisotopic (exact) mass is 460 g/mol. The van der Waals surface area contributed by atoms with Crippen LogP contribution in [-0.4, -0.2) is 23.4 Å². The van der Waals surface area contributed by atoms with Crippen LogP contribution in [0.15, 0.2) is 77.8 Å². The van der Waals surface area contributed by atoms with E-state index >= 15 is 0 Å². The Kier molecular flexibility index (Phi) is 6.23. The quantitative estimate of drug-likeness (QED) is 0.353. The van der Waals surface area contributed by atoms with Gasteiger partial charge in [-0.15, -0.1) is 0 Å². The van der Waals surface area contributed by atoms with Crippen LogP contribution < -0.4 is 15.4 Å². The van der Waals surface area contributed by atoms with Gasteiger partial charge in [-0.05, 0) is 80.4 Å². The summed E-state index contributed by atoms with van der Waals surface area (Å²) in [5.41, 5.74) is 3.19. The number of nitrogens with zero attached hydrogens (tertiary/aromatic N) is 3. The molecular formula is C24H24N6O2S. The molecule has 0 spiro atoms. The third-order valence-corrected chi connectivity index (χ3v) is 6.10. The van der Waals surface area contributed by atoms with Crippen molar-refractivity contribution in [3.05, 3.63) is 89.9 Å². The molecule has 2 aromatic carbocycles. The number of hydrogen-bond donors (Lipinski definition) is 3. The summed E-state index contributed by atoms with van der Waals surface area (Å²) in [6.07, 6.45) is 1.74. The summed E-state index contributed by atoms with van der Waals surface area (Å²) >= 11 is 0. The van der Waals surface area contributed by atoms with Gasteiger partial charge in [0.2, 0.25) is 0 Å². The summed E-state index contributed by atoms with van der Waals surface area (Å²) in [5, 5.41) is 6.41. The van der Waals surface area contributed by atoms with Crippen LogP contribution in [0, 0.1) is 20.8 Å². The SMILES string of the molecule is Cc1cccc(S(=O)(=O)Nc2ccc(Nc3cc(Nc4cc(C)ccn4)nc(C)n3)cc2)c1. The first kappa shape index (κ1) is 22.2. The molecule has 0 aliphatic heterocycles. The van der Waals surface area contributed by atoms with Crippen LogP contribution in [0.3, 0.4) is 0 Å². The number of rotatable bonds is 7. The highest BCUT2D eigenvalue weighted by molar-refractivity contribution is 7.92. The summed E-state index contributed by atoms with van der Waals surface area (Å²) in [5.74, 6) is 2.51. The van der Waals surface area contributed by atoms with Gasteiger partial charge in [-0.3, -0.25) is 4.72 Å². The van der Waals surface area contributed by atoms with E-state index in [4.69, 9.17) is 0 Å². The van der Waals surface area contributed by atoms with Gasteiger partial charge in [-0.2, -0.15) is 0 Å². The number of benzene rings is 2. The molecule has 0 atom stereocenters. The highest BCUT2D eigenvalue weighted by atomic mass is 32.2. The minimum atomic E-state index is -3.66. The molecule has 0 amide bonds. The van der Waals surface area contributed by atoms with Gasteiger partial charge in [0.1, 0.15) is 23.3 Å². The molecule has 0 unspecified atom stereocenters. The number of aromatic nitrogens is 3. The van der Waals surface area contributed by atoms with Gasteiger partial charge in [0.05, 0.1) is 4.90 Å². The Morgan fingerprint density at radius 2 is 1.36 bits per heavy atom. The molecule has 0 bridgehead atoms. The second kappa shape index (κ2) is 9.25. The van der Waals surface area contributed by atoms with Gasteiger partial charge in [-0.1, -0.05) is 12.1 Å². The summed E-state index contributed by atoms with van der Waals surface area (Å²) < 4.78 is 27.8. The zero-order valence-corrected chi connectivity index (χ0v) is 19.3. The zero-order valence-electron chi connectivity index (χ0n) is 18.5. The second-order valence-corrected chi connectivity index (χ2v) is 9.34. The Morgan fingerprint density at radius 3 is 2.06 bits per heavy atom. The van der Waals surface area contributed by atoms with Crippen LogP contribution in [0.25, 0.3) is 0 Å². The van der Waals surface area contributed by atoms with Crippen molar-refractivity contribution < 1.29 is 8.42 Å². The summed E-state index contributed by atoms with van der Waals surface area (Å²) in [4.78, 5) is 13.4. The molecule has 0 saturated carbocycles. The lowest BCUT2D eigenvalue weighted by Crippen LogP contribution is -2.13. The van der Waals surface area contributed by atoms with Gasteiger partial charge in [0, 0.05) is 23.6 Å². The average Bonchev–Trinajstić information content (AvgIpc) is 2.75. The van der Waals surface area contributed by atoms with Crippen molar-refractivity contribution in [1.29, 1.82) is 0 Å². The fraction of sp³-hybridized carbons (Fsp3) is 0.125. The molecule has 3 N–H and O–H groups in total. The van der Waals surface area contributed by atoms with Crippen molar-refractivity contribution in [2.45, 2.75) is 25.7 Å². The number of nitrogens with one attached hydrogen (secondary N) is 3. The molecule has 4 rings (SSSR count). The fourth-order valence-electron chi connectivity index (χ4n) is 3.20. The van der Waals surface area contributed by atoms with E-state index < -0.39 is 10.0 Å². The van der Waals surface area contributed by atoms with Gasteiger partial charge < -0.3 is 10.6 Å². The van der Waals surface area contributed by atoms with E-state index in [1.165, 1.54) is 0 Å². The van der Waals surface area contributed by atoms with Crippen molar-refractivity contribution in [3.8, 4) is 0 Å². The van der Waals surface area contributed by atoms with Crippen molar-refractivity contribution in [2.75, 3.05) is 15.4 Å². The first-order valence-electron chi connectivity index (χ1n) is 10.3. The molecule has 33 heavy (non-hydrogen) atoms. The van der Waals surface area contributed by atoms with Crippen molar-refractivity contribution >= 4 is 38.9 Å². The predicted molar refractivity (Wildman–Crippen MR) is 131 cm³/mol. The molecule has 2 aromatic heterocycles.